The van der Waals surface area contributed by atoms with E-state index in [1.807, 2.05) is 30.3 Å². The number of ketones is 1. The number of hydrogen-bond acceptors (Lipinski definition) is 5. The smallest absolute Gasteiger partial charge is 0.227 e. The third-order valence-electron chi connectivity index (χ3n) is 5.43. The van der Waals surface area contributed by atoms with Crippen LogP contribution in [0.5, 0.6) is 5.75 Å². The minimum atomic E-state index is 0.0316. The Bertz CT molecular complexity index is 1150. The second-order valence-corrected chi connectivity index (χ2v) is 9.14. The molecule has 4 rings (SSSR count). The number of nitrogens with one attached hydrogen (secondary N) is 1. The molecule has 6 nitrogen and oxygen atoms in total. The SMILES string of the molecule is COc1ccc(C(C)=O)cc1CSc1nc2cc(NC(=O)C3CC3)ccc2n1C(C)C. The van der Waals surface area contributed by atoms with Gasteiger partial charge in [0.25, 0.3) is 0 Å². The molecule has 3 aromatic rings. The standard InChI is InChI=1S/C24H27N3O3S/c1-14(2)27-21-9-8-19(25-23(29)16-5-6-16)12-20(21)26-24(27)31-13-18-11-17(15(3)28)7-10-22(18)30-4/h7-12,14,16H,5-6,13H2,1-4H3,(H,25,29). The average Bonchev–Trinajstić information content (AvgIpc) is 3.52. The maximum atomic E-state index is 12.1. The van der Waals surface area contributed by atoms with Crippen molar-refractivity contribution in [2.45, 2.75) is 50.6 Å². The van der Waals surface area contributed by atoms with Gasteiger partial charge in [-0.05, 0) is 70.0 Å². The summed E-state index contributed by atoms with van der Waals surface area (Å²) in [5, 5.41) is 3.89. The number of rotatable bonds is 8. The van der Waals surface area contributed by atoms with E-state index in [9.17, 15) is 9.59 Å². The molecule has 7 heteroatoms. The fourth-order valence-corrected chi connectivity index (χ4v) is 4.72. The molecule has 1 N–H and O–H groups in total. The van der Waals surface area contributed by atoms with Gasteiger partial charge in [0.1, 0.15) is 5.75 Å². The van der Waals surface area contributed by atoms with Gasteiger partial charge < -0.3 is 14.6 Å². The van der Waals surface area contributed by atoms with E-state index in [0.717, 1.165) is 46.0 Å². The van der Waals surface area contributed by atoms with Crippen LogP contribution in [0, 0.1) is 5.92 Å². The lowest BCUT2D eigenvalue weighted by molar-refractivity contribution is -0.117. The number of hydrogen-bond donors (Lipinski definition) is 1. The van der Waals surface area contributed by atoms with E-state index in [0.29, 0.717) is 11.3 Å². The molecule has 0 atom stereocenters. The van der Waals surface area contributed by atoms with Crippen molar-refractivity contribution in [3.05, 3.63) is 47.5 Å². The molecule has 0 spiro atoms. The highest BCUT2D eigenvalue weighted by Crippen LogP contribution is 2.34. The number of anilines is 1. The number of ether oxygens (including phenoxy) is 1. The summed E-state index contributed by atoms with van der Waals surface area (Å²) in [6.45, 7) is 5.83. The summed E-state index contributed by atoms with van der Waals surface area (Å²) in [6, 6.07) is 11.6. The summed E-state index contributed by atoms with van der Waals surface area (Å²) < 4.78 is 7.69. The van der Waals surface area contributed by atoms with Crippen molar-refractivity contribution >= 4 is 40.2 Å². The number of benzene rings is 2. The van der Waals surface area contributed by atoms with Gasteiger partial charge in [0.2, 0.25) is 5.91 Å². The van der Waals surface area contributed by atoms with E-state index in [4.69, 9.17) is 9.72 Å². The number of carbonyl (C=O) groups is 2. The number of methoxy groups -OCH3 is 1. The van der Waals surface area contributed by atoms with Crippen LogP contribution in [0.1, 0.15) is 55.6 Å². The Morgan fingerprint density at radius 2 is 2.00 bits per heavy atom. The summed E-state index contributed by atoms with van der Waals surface area (Å²) in [5.74, 6) is 1.68. The largest absolute Gasteiger partial charge is 0.496 e. The van der Waals surface area contributed by atoms with Crippen LogP contribution in [0.25, 0.3) is 11.0 Å². The number of imidazole rings is 1. The van der Waals surface area contributed by atoms with Crippen molar-refractivity contribution in [1.82, 2.24) is 9.55 Å². The van der Waals surface area contributed by atoms with Crippen molar-refractivity contribution in [3.8, 4) is 5.75 Å². The zero-order valence-corrected chi connectivity index (χ0v) is 19.1. The number of fused-ring (bicyclic) bond motifs is 1. The number of aromatic nitrogens is 2. The lowest BCUT2D eigenvalue weighted by Gasteiger charge is -2.14. The molecule has 31 heavy (non-hydrogen) atoms. The highest BCUT2D eigenvalue weighted by atomic mass is 32.2. The van der Waals surface area contributed by atoms with Crippen LogP contribution < -0.4 is 10.1 Å². The van der Waals surface area contributed by atoms with Gasteiger partial charge in [-0.1, -0.05) is 11.8 Å². The molecule has 1 aliphatic carbocycles. The van der Waals surface area contributed by atoms with E-state index in [1.165, 1.54) is 0 Å². The lowest BCUT2D eigenvalue weighted by Crippen LogP contribution is -2.13. The van der Waals surface area contributed by atoms with Gasteiger partial charge >= 0.3 is 0 Å². The van der Waals surface area contributed by atoms with Crippen LogP contribution in [0.4, 0.5) is 5.69 Å². The molecule has 0 bridgehead atoms. The molecular formula is C24H27N3O3S. The molecule has 0 aliphatic heterocycles. The maximum absolute atomic E-state index is 12.1. The fourth-order valence-electron chi connectivity index (χ4n) is 3.60. The summed E-state index contributed by atoms with van der Waals surface area (Å²) >= 11 is 1.61. The summed E-state index contributed by atoms with van der Waals surface area (Å²) in [5.41, 5.74) is 4.30. The fraction of sp³-hybridized carbons (Fsp3) is 0.375. The van der Waals surface area contributed by atoms with Crippen LogP contribution >= 0.6 is 11.8 Å². The Morgan fingerprint density at radius 1 is 1.23 bits per heavy atom. The molecule has 1 fully saturated rings. The minimum Gasteiger partial charge on any atom is -0.496 e. The molecule has 1 heterocycles. The first-order valence-electron chi connectivity index (χ1n) is 10.5. The minimum absolute atomic E-state index is 0.0316. The molecule has 1 saturated carbocycles. The Morgan fingerprint density at radius 3 is 2.65 bits per heavy atom. The predicted molar refractivity (Wildman–Crippen MR) is 124 cm³/mol. The van der Waals surface area contributed by atoms with Crippen LogP contribution in [-0.2, 0) is 10.5 Å². The van der Waals surface area contributed by atoms with Crippen molar-refractivity contribution in [3.63, 3.8) is 0 Å². The molecule has 1 amide bonds. The monoisotopic (exact) mass is 437 g/mol. The Labute approximate surface area is 186 Å². The molecule has 162 valence electrons. The van der Waals surface area contributed by atoms with Gasteiger partial charge in [-0.2, -0.15) is 0 Å². The van der Waals surface area contributed by atoms with Crippen LogP contribution in [-0.4, -0.2) is 28.4 Å². The first kappa shape index (κ1) is 21.4. The molecule has 0 radical (unpaired) electrons. The van der Waals surface area contributed by atoms with Crippen molar-refractivity contribution in [2.24, 2.45) is 5.92 Å². The number of amides is 1. The van der Waals surface area contributed by atoms with Gasteiger partial charge in [-0.15, -0.1) is 0 Å². The average molecular weight is 438 g/mol. The third kappa shape index (κ3) is 4.61. The second kappa shape index (κ2) is 8.75. The van der Waals surface area contributed by atoms with Crippen LogP contribution in [0.3, 0.4) is 0 Å². The van der Waals surface area contributed by atoms with Crippen molar-refractivity contribution in [1.29, 1.82) is 0 Å². The summed E-state index contributed by atoms with van der Waals surface area (Å²) in [6.07, 6.45) is 1.95. The Balaban J connectivity index is 1.62. The van der Waals surface area contributed by atoms with Crippen LogP contribution in [0.15, 0.2) is 41.6 Å². The topological polar surface area (TPSA) is 73.2 Å². The van der Waals surface area contributed by atoms with Gasteiger partial charge in [0, 0.05) is 34.5 Å². The quantitative estimate of drug-likeness (QED) is 0.374. The summed E-state index contributed by atoms with van der Waals surface area (Å²) in [7, 11) is 1.64. The van der Waals surface area contributed by atoms with Gasteiger partial charge in [0.15, 0.2) is 10.9 Å². The van der Waals surface area contributed by atoms with E-state index in [1.54, 1.807) is 31.9 Å². The first-order valence-corrected chi connectivity index (χ1v) is 11.5. The Hall–Kier alpha value is -2.80. The van der Waals surface area contributed by atoms with E-state index < -0.39 is 0 Å². The normalized spacial score (nSPS) is 13.6. The van der Waals surface area contributed by atoms with Crippen molar-refractivity contribution in [2.75, 3.05) is 12.4 Å². The first-order chi connectivity index (χ1) is 14.9. The Kier molecular flexibility index (Phi) is 6.05. The maximum Gasteiger partial charge on any atom is 0.227 e. The number of Topliss-reactive ketones (excluding diaryl/α,β-unsaturated/α-hetero) is 1. The third-order valence-corrected chi connectivity index (χ3v) is 6.43. The molecule has 2 aromatic carbocycles. The van der Waals surface area contributed by atoms with Gasteiger partial charge in [-0.3, -0.25) is 9.59 Å². The number of thioether (sulfide) groups is 1. The number of carbonyl (C=O) groups excluding carboxylic acids is 2. The molecule has 1 aromatic heterocycles. The zero-order chi connectivity index (χ0) is 22.1. The van der Waals surface area contributed by atoms with E-state index in [2.05, 4.69) is 23.7 Å². The van der Waals surface area contributed by atoms with Crippen molar-refractivity contribution < 1.29 is 14.3 Å². The second-order valence-electron chi connectivity index (χ2n) is 8.20. The van der Waals surface area contributed by atoms with E-state index >= 15 is 0 Å². The highest BCUT2D eigenvalue weighted by Gasteiger charge is 2.29. The molecule has 0 saturated heterocycles. The van der Waals surface area contributed by atoms with Gasteiger partial charge in [-0.25, -0.2) is 4.98 Å². The molecular weight excluding hydrogens is 410 g/mol. The highest BCUT2D eigenvalue weighted by molar-refractivity contribution is 7.98. The zero-order valence-electron chi connectivity index (χ0n) is 18.3. The van der Waals surface area contributed by atoms with Crippen LogP contribution in [0.2, 0.25) is 0 Å². The predicted octanol–water partition coefficient (Wildman–Crippen LogP) is 5.47. The van der Waals surface area contributed by atoms with E-state index in [-0.39, 0.29) is 23.7 Å². The molecule has 0 unspecified atom stereocenters. The summed E-state index contributed by atoms with van der Waals surface area (Å²) in [4.78, 5) is 28.8. The van der Waals surface area contributed by atoms with Gasteiger partial charge in [0.05, 0.1) is 18.1 Å². The molecule has 1 aliphatic rings. The number of nitrogens with zero attached hydrogens (tertiary/aromatic N) is 2. The lowest BCUT2D eigenvalue weighted by atomic mass is 10.1.